The number of carboxylic acid groups (broad SMARTS) is 1. The second-order valence-corrected chi connectivity index (χ2v) is 6.91. The van der Waals surface area contributed by atoms with E-state index in [0.29, 0.717) is 19.5 Å². The van der Waals surface area contributed by atoms with Gasteiger partial charge in [0.1, 0.15) is 11.5 Å². The molecule has 0 aliphatic carbocycles. The molecule has 1 aromatic rings. The summed E-state index contributed by atoms with van der Waals surface area (Å²) in [5.41, 5.74) is 0.990. The van der Waals surface area contributed by atoms with Crippen molar-refractivity contribution in [3.63, 3.8) is 0 Å². The molecule has 7 nitrogen and oxygen atoms in total. The Morgan fingerprint density at radius 1 is 1.19 bits per heavy atom. The first kappa shape index (κ1) is 18.5. The van der Waals surface area contributed by atoms with E-state index in [2.05, 4.69) is 0 Å². The minimum Gasteiger partial charge on any atom is -0.497 e. The van der Waals surface area contributed by atoms with Crippen LogP contribution in [0.25, 0.3) is 0 Å². The Bertz CT molecular complexity index is 678. The van der Waals surface area contributed by atoms with Gasteiger partial charge in [-0.15, -0.1) is 0 Å². The van der Waals surface area contributed by atoms with Gasteiger partial charge in [0.25, 0.3) is 0 Å². The Kier molecular flexibility index (Phi) is 5.66. The Morgan fingerprint density at radius 2 is 2.00 bits per heavy atom. The zero-order chi connectivity index (χ0) is 18.7. The molecule has 2 aliphatic heterocycles. The van der Waals surface area contributed by atoms with E-state index < -0.39 is 5.97 Å². The third-order valence-electron chi connectivity index (χ3n) is 5.35. The summed E-state index contributed by atoms with van der Waals surface area (Å²) in [5.74, 6) is 0.358. The molecule has 0 spiro atoms. The minimum absolute atomic E-state index is 0.0128. The zero-order valence-corrected chi connectivity index (χ0v) is 15.3. The molecular weight excluding hydrogens is 336 g/mol. The molecule has 0 aromatic heterocycles. The van der Waals surface area contributed by atoms with Gasteiger partial charge >= 0.3 is 5.97 Å². The van der Waals surface area contributed by atoms with Gasteiger partial charge in [-0.1, -0.05) is 0 Å². The van der Waals surface area contributed by atoms with Gasteiger partial charge in [0, 0.05) is 24.7 Å². The van der Waals surface area contributed by atoms with Gasteiger partial charge < -0.3 is 19.5 Å². The Balaban J connectivity index is 1.70. The summed E-state index contributed by atoms with van der Waals surface area (Å²) < 4.78 is 10.8. The van der Waals surface area contributed by atoms with Crippen LogP contribution in [-0.4, -0.2) is 67.2 Å². The third kappa shape index (κ3) is 3.77. The molecule has 142 valence electrons. The molecular formula is C19H26N2O5. The molecule has 26 heavy (non-hydrogen) atoms. The fraction of sp³-hybridized carbons (Fsp3) is 0.579. The number of amides is 1. The normalized spacial score (nSPS) is 23.2. The van der Waals surface area contributed by atoms with E-state index in [9.17, 15) is 9.59 Å². The van der Waals surface area contributed by atoms with E-state index in [-0.39, 0.29) is 24.4 Å². The SMILES string of the molecule is COc1ccc(C2CCCN2C(=O)CN2CCC(C(=O)O)C2)c(OC)c1. The van der Waals surface area contributed by atoms with Crippen molar-refractivity contribution < 1.29 is 24.2 Å². The Labute approximate surface area is 153 Å². The molecule has 7 heteroatoms. The van der Waals surface area contributed by atoms with E-state index >= 15 is 0 Å². The summed E-state index contributed by atoms with van der Waals surface area (Å²) in [4.78, 5) is 27.8. The fourth-order valence-electron chi connectivity index (χ4n) is 3.94. The predicted molar refractivity (Wildman–Crippen MR) is 95.4 cm³/mol. The third-order valence-corrected chi connectivity index (χ3v) is 5.35. The number of carbonyl (C=O) groups excluding carboxylic acids is 1. The van der Waals surface area contributed by atoms with Crippen LogP contribution in [0, 0.1) is 5.92 Å². The van der Waals surface area contributed by atoms with Gasteiger partial charge in [-0.2, -0.15) is 0 Å². The summed E-state index contributed by atoms with van der Waals surface area (Å²) in [5, 5.41) is 9.12. The lowest BCUT2D eigenvalue weighted by Crippen LogP contribution is -2.39. The van der Waals surface area contributed by atoms with Crippen LogP contribution in [0.1, 0.15) is 30.9 Å². The van der Waals surface area contributed by atoms with Crippen molar-refractivity contribution in [1.29, 1.82) is 0 Å². The number of aliphatic carboxylic acids is 1. The Morgan fingerprint density at radius 3 is 2.65 bits per heavy atom. The van der Waals surface area contributed by atoms with Crippen molar-refractivity contribution in [3.05, 3.63) is 23.8 Å². The molecule has 2 unspecified atom stereocenters. The minimum atomic E-state index is -0.776. The van der Waals surface area contributed by atoms with Crippen LogP contribution in [0.5, 0.6) is 11.5 Å². The summed E-state index contributed by atoms with van der Waals surface area (Å²) in [6, 6.07) is 5.68. The number of nitrogens with zero attached hydrogens (tertiary/aromatic N) is 2. The van der Waals surface area contributed by atoms with Crippen LogP contribution in [0.3, 0.4) is 0 Å². The monoisotopic (exact) mass is 362 g/mol. The quantitative estimate of drug-likeness (QED) is 0.831. The second-order valence-electron chi connectivity index (χ2n) is 6.91. The van der Waals surface area contributed by atoms with Gasteiger partial charge in [0.15, 0.2) is 0 Å². The lowest BCUT2D eigenvalue weighted by Gasteiger charge is -2.28. The van der Waals surface area contributed by atoms with E-state index in [1.54, 1.807) is 14.2 Å². The summed E-state index contributed by atoms with van der Waals surface area (Å²) in [6.07, 6.45) is 2.45. The standard InChI is InChI=1S/C19H26N2O5/c1-25-14-5-6-15(17(10-14)26-2)16-4-3-8-21(16)18(22)12-20-9-7-13(11-20)19(23)24/h5-6,10,13,16H,3-4,7-9,11-12H2,1-2H3,(H,23,24). The lowest BCUT2D eigenvalue weighted by molar-refractivity contribution is -0.141. The van der Waals surface area contributed by atoms with Crippen molar-refractivity contribution >= 4 is 11.9 Å². The van der Waals surface area contributed by atoms with Gasteiger partial charge in [-0.3, -0.25) is 14.5 Å². The largest absolute Gasteiger partial charge is 0.497 e. The number of likely N-dealkylation sites (tertiary alicyclic amines) is 2. The Hall–Kier alpha value is -2.28. The number of methoxy groups -OCH3 is 2. The number of benzene rings is 1. The van der Waals surface area contributed by atoms with Crippen LogP contribution in [0.2, 0.25) is 0 Å². The van der Waals surface area contributed by atoms with Crippen molar-refractivity contribution in [2.75, 3.05) is 40.4 Å². The van der Waals surface area contributed by atoms with Crippen molar-refractivity contribution in [3.8, 4) is 11.5 Å². The van der Waals surface area contributed by atoms with E-state index in [4.69, 9.17) is 14.6 Å². The number of ether oxygens (including phenoxy) is 2. The highest BCUT2D eigenvalue weighted by atomic mass is 16.5. The van der Waals surface area contributed by atoms with Crippen molar-refractivity contribution in [2.24, 2.45) is 5.92 Å². The van der Waals surface area contributed by atoms with Crippen LogP contribution in [0.15, 0.2) is 18.2 Å². The summed E-state index contributed by atoms with van der Waals surface area (Å²) >= 11 is 0. The van der Waals surface area contributed by atoms with E-state index in [1.165, 1.54) is 0 Å². The van der Waals surface area contributed by atoms with Gasteiger partial charge in [-0.05, 0) is 37.9 Å². The molecule has 2 fully saturated rings. The lowest BCUT2D eigenvalue weighted by atomic mass is 10.0. The fourth-order valence-corrected chi connectivity index (χ4v) is 3.94. The van der Waals surface area contributed by atoms with E-state index in [1.807, 2.05) is 28.0 Å². The second kappa shape index (κ2) is 7.95. The molecule has 0 radical (unpaired) electrons. The zero-order valence-electron chi connectivity index (χ0n) is 15.3. The molecule has 1 N–H and O–H groups in total. The molecule has 3 rings (SSSR count). The number of rotatable bonds is 6. The smallest absolute Gasteiger partial charge is 0.307 e. The number of hydrogen-bond donors (Lipinski definition) is 1. The number of carbonyl (C=O) groups is 2. The molecule has 1 amide bonds. The highest BCUT2D eigenvalue weighted by Gasteiger charge is 2.35. The number of carboxylic acids is 1. The topological polar surface area (TPSA) is 79.3 Å². The van der Waals surface area contributed by atoms with E-state index in [0.717, 1.165) is 36.4 Å². The summed E-state index contributed by atoms with van der Waals surface area (Å²) in [7, 11) is 3.23. The maximum atomic E-state index is 12.9. The predicted octanol–water partition coefficient (Wildman–Crippen LogP) is 1.77. The highest BCUT2D eigenvalue weighted by Crippen LogP contribution is 2.38. The van der Waals surface area contributed by atoms with Crippen LogP contribution in [-0.2, 0) is 9.59 Å². The maximum absolute atomic E-state index is 12.9. The first-order valence-corrected chi connectivity index (χ1v) is 9.00. The first-order chi connectivity index (χ1) is 12.5. The molecule has 0 saturated carbocycles. The van der Waals surface area contributed by atoms with Gasteiger partial charge in [0.05, 0.1) is 32.7 Å². The molecule has 2 atom stereocenters. The first-order valence-electron chi connectivity index (χ1n) is 9.00. The molecule has 2 saturated heterocycles. The highest BCUT2D eigenvalue weighted by molar-refractivity contribution is 5.79. The van der Waals surface area contributed by atoms with Crippen molar-refractivity contribution in [2.45, 2.75) is 25.3 Å². The molecule has 2 aliphatic rings. The summed E-state index contributed by atoms with van der Waals surface area (Å²) in [6.45, 7) is 2.10. The average molecular weight is 362 g/mol. The molecule has 1 aromatic carbocycles. The van der Waals surface area contributed by atoms with Gasteiger partial charge in [-0.25, -0.2) is 0 Å². The molecule has 0 bridgehead atoms. The van der Waals surface area contributed by atoms with Crippen LogP contribution >= 0.6 is 0 Å². The average Bonchev–Trinajstić information content (AvgIpc) is 3.30. The molecule has 2 heterocycles. The van der Waals surface area contributed by atoms with Crippen LogP contribution < -0.4 is 9.47 Å². The maximum Gasteiger partial charge on any atom is 0.307 e. The van der Waals surface area contributed by atoms with Crippen molar-refractivity contribution in [1.82, 2.24) is 9.80 Å². The van der Waals surface area contributed by atoms with Crippen LogP contribution in [0.4, 0.5) is 0 Å². The van der Waals surface area contributed by atoms with Gasteiger partial charge in [0.2, 0.25) is 5.91 Å². The number of hydrogen-bond acceptors (Lipinski definition) is 5.